The minimum Gasteiger partial charge on any atom is -0.497 e. The summed E-state index contributed by atoms with van der Waals surface area (Å²) < 4.78 is 5.14. The van der Waals surface area contributed by atoms with Crippen molar-refractivity contribution in [3.8, 4) is 5.75 Å². The number of hydrogen-bond acceptors (Lipinski definition) is 4. The molecule has 2 amide bonds. The zero-order chi connectivity index (χ0) is 18.5. The van der Waals surface area contributed by atoms with Crippen LogP contribution < -0.4 is 15.4 Å². The van der Waals surface area contributed by atoms with Gasteiger partial charge in [0.1, 0.15) is 11.8 Å². The fourth-order valence-electron chi connectivity index (χ4n) is 2.56. The number of nitrogens with one attached hydrogen (secondary N) is 3. The van der Waals surface area contributed by atoms with Crippen molar-refractivity contribution in [2.24, 2.45) is 0 Å². The number of hydrogen-bond donors (Lipinski definition) is 3. The molecule has 7 nitrogen and oxygen atoms in total. The SMILES string of the molecule is COc1cccc(CC(=O)N[C@@H](C)C(=O)Nc2nc3ccccc3[nH]2)c1. The van der Waals surface area contributed by atoms with Gasteiger partial charge in [-0.1, -0.05) is 24.3 Å². The lowest BCUT2D eigenvalue weighted by atomic mass is 10.1. The normalized spacial score (nSPS) is 11.8. The molecule has 1 atom stereocenters. The van der Waals surface area contributed by atoms with Gasteiger partial charge in [0.05, 0.1) is 24.6 Å². The molecule has 3 aromatic rings. The molecular formula is C19H20N4O3. The molecule has 26 heavy (non-hydrogen) atoms. The molecule has 3 N–H and O–H groups in total. The minimum absolute atomic E-state index is 0.166. The van der Waals surface area contributed by atoms with Crippen LogP contribution in [0.1, 0.15) is 12.5 Å². The first kappa shape index (κ1) is 17.5. The number of methoxy groups -OCH3 is 1. The van der Waals surface area contributed by atoms with Crippen LogP contribution in [0.15, 0.2) is 48.5 Å². The first-order chi connectivity index (χ1) is 12.5. The predicted octanol–water partition coefficient (Wildman–Crippen LogP) is 2.26. The third kappa shape index (κ3) is 4.18. The summed E-state index contributed by atoms with van der Waals surface area (Å²) in [6.07, 6.45) is 0.166. The summed E-state index contributed by atoms with van der Waals surface area (Å²) in [4.78, 5) is 31.7. The molecule has 0 aliphatic carbocycles. The van der Waals surface area contributed by atoms with E-state index in [-0.39, 0.29) is 18.2 Å². The van der Waals surface area contributed by atoms with E-state index in [4.69, 9.17) is 4.74 Å². The topological polar surface area (TPSA) is 96.1 Å². The van der Waals surface area contributed by atoms with Gasteiger partial charge in [0, 0.05) is 0 Å². The van der Waals surface area contributed by atoms with Crippen molar-refractivity contribution in [3.63, 3.8) is 0 Å². The Morgan fingerprint density at radius 1 is 1.19 bits per heavy atom. The van der Waals surface area contributed by atoms with Gasteiger partial charge in [-0.15, -0.1) is 0 Å². The first-order valence-electron chi connectivity index (χ1n) is 8.23. The van der Waals surface area contributed by atoms with E-state index < -0.39 is 6.04 Å². The summed E-state index contributed by atoms with van der Waals surface area (Å²) in [5.41, 5.74) is 2.40. The average molecular weight is 352 g/mol. The summed E-state index contributed by atoms with van der Waals surface area (Å²) in [6, 6.07) is 14.0. The summed E-state index contributed by atoms with van der Waals surface area (Å²) in [5, 5.41) is 5.36. The second kappa shape index (κ2) is 7.69. The Morgan fingerprint density at radius 2 is 2.00 bits per heavy atom. The van der Waals surface area contributed by atoms with Gasteiger partial charge < -0.3 is 15.0 Å². The Bertz CT molecular complexity index is 902. The molecule has 0 spiro atoms. The molecule has 1 aromatic heterocycles. The van der Waals surface area contributed by atoms with Crippen LogP contribution in [0.4, 0.5) is 5.95 Å². The van der Waals surface area contributed by atoms with Gasteiger partial charge in [-0.2, -0.15) is 0 Å². The fourth-order valence-corrected chi connectivity index (χ4v) is 2.56. The number of rotatable bonds is 6. The van der Waals surface area contributed by atoms with E-state index in [2.05, 4.69) is 20.6 Å². The second-order valence-electron chi connectivity index (χ2n) is 5.91. The highest BCUT2D eigenvalue weighted by atomic mass is 16.5. The van der Waals surface area contributed by atoms with E-state index in [0.717, 1.165) is 16.6 Å². The van der Waals surface area contributed by atoms with E-state index >= 15 is 0 Å². The quantitative estimate of drug-likeness (QED) is 0.634. The van der Waals surface area contributed by atoms with Gasteiger partial charge in [-0.25, -0.2) is 4.98 Å². The van der Waals surface area contributed by atoms with Crippen molar-refractivity contribution >= 4 is 28.8 Å². The highest BCUT2D eigenvalue weighted by molar-refractivity contribution is 5.97. The number of H-pyrrole nitrogens is 1. The van der Waals surface area contributed by atoms with Crippen LogP contribution in [-0.4, -0.2) is 34.9 Å². The Morgan fingerprint density at radius 3 is 2.77 bits per heavy atom. The minimum atomic E-state index is -0.693. The number of benzene rings is 2. The molecule has 3 rings (SSSR count). The van der Waals surface area contributed by atoms with E-state index in [0.29, 0.717) is 11.7 Å². The third-order valence-electron chi connectivity index (χ3n) is 3.90. The van der Waals surface area contributed by atoms with Gasteiger partial charge in [0.15, 0.2) is 0 Å². The van der Waals surface area contributed by atoms with Gasteiger partial charge in [-0.3, -0.25) is 14.9 Å². The van der Waals surface area contributed by atoms with Crippen molar-refractivity contribution < 1.29 is 14.3 Å². The van der Waals surface area contributed by atoms with Gasteiger partial charge in [0.25, 0.3) is 0 Å². The summed E-state index contributed by atoms with van der Waals surface area (Å²) in [6.45, 7) is 1.63. The molecule has 0 aliphatic rings. The molecular weight excluding hydrogens is 332 g/mol. The van der Waals surface area contributed by atoms with Crippen LogP contribution in [-0.2, 0) is 16.0 Å². The second-order valence-corrected chi connectivity index (χ2v) is 5.91. The zero-order valence-electron chi connectivity index (χ0n) is 14.6. The molecule has 0 fully saturated rings. The molecule has 0 saturated carbocycles. The molecule has 0 saturated heterocycles. The lowest BCUT2D eigenvalue weighted by Crippen LogP contribution is -2.42. The number of ether oxygens (including phenoxy) is 1. The van der Waals surface area contributed by atoms with Crippen molar-refractivity contribution in [2.45, 2.75) is 19.4 Å². The summed E-state index contributed by atoms with van der Waals surface area (Å²) >= 11 is 0. The maximum absolute atomic E-state index is 12.3. The Hall–Kier alpha value is -3.35. The maximum atomic E-state index is 12.3. The maximum Gasteiger partial charge on any atom is 0.248 e. The van der Waals surface area contributed by atoms with Crippen molar-refractivity contribution in [1.82, 2.24) is 15.3 Å². The Balaban J connectivity index is 1.56. The number of anilines is 1. The molecule has 0 bridgehead atoms. The summed E-state index contributed by atoms with van der Waals surface area (Å²) in [5.74, 6) is 0.449. The van der Waals surface area contributed by atoms with Crippen molar-refractivity contribution in [1.29, 1.82) is 0 Å². The number of aromatic nitrogens is 2. The number of fused-ring (bicyclic) bond motifs is 1. The number of amides is 2. The van der Waals surface area contributed by atoms with Crippen LogP contribution in [0.5, 0.6) is 5.75 Å². The number of carbonyl (C=O) groups excluding carboxylic acids is 2. The molecule has 0 aliphatic heterocycles. The molecule has 7 heteroatoms. The lowest BCUT2D eigenvalue weighted by molar-refractivity contribution is -0.125. The molecule has 0 unspecified atom stereocenters. The Kier molecular flexibility index (Phi) is 5.17. The van der Waals surface area contributed by atoms with E-state index in [1.54, 1.807) is 20.1 Å². The van der Waals surface area contributed by atoms with Crippen molar-refractivity contribution in [2.75, 3.05) is 12.4 Å². The van der Waals surface area contributed by atoms with Crippen LogP contribution in [0, 0.1) is 0 Å². The average Bonchev–Trinajstić information content (AvgIpc) is 3.03. The van der Waals surface area contributed by atoms with Crippen molar-refractivity contribution in [3.05, 3.63) is 54.1 Å². The lowest BCUT2D eigenvalue weighted by Gasteiger charge is -2.13. The Labute approximate surface area is 150 Å². The molecule has 2 aromatic carbocycles. The third-order valence-corrected chi connectivity index (χ3v) is 3.90. The zero-order valence-corrected chi connectivity index (χ0v) is 14.6. The fraction of sp³-hybridized carbons (Fsp3) is 0.211. The number of nitrogens with zero attached hydrogens (tertiary/aromatic N) is 1. The van der Waals surface area contributed by atoms with E-state index in [9.17, 15) is 9.59 Å². The highest BCUT2D eigenvalue weighted by Crippen LogP contribution is 2.14. The monoisotopic (exact) mass is 352 g/mol. The standard InChI is InChI=1S/C19H20N4O3/c1-12(20-17(24)11-13-6-5-7-14(10-13)26-2)18(25)23-19-21-15-8-3-4-9-16(15)22-19/h3-10,12H,11H2,1-2H3,(H,20,24)(H2,21,22,23,25)/t12-/m0/s1. The number of carbonyl (C=O) groups is 2. The highest BCUT2D eigenvalue weighted by Gasteiger charge is 2.17. The largest absolute Gasteiger partial charge is 0.497 e. The van der Waals surface area contributed by atoms with E-state index in [1.807, 2.05) is 42.5 Å². The number of para-hydroxylation sites is 2. The predicted molar refractivity (Wildman–Crippen MR) is 99.0 cm³/mol. The van der Waals surface area contributed by atoms with Crippen LogP contribution in [0.2, 0.25) is 0 Å². The molecule has 0 radical (unpaired) electrons. The number of imidazole rings is 1. The first-order valence-corrected chi connectivity index (χ1v) is 8.23. The summed E-state index contributed by atoms with van der Waals surface area (Å²) in [7, 11) is 1.57. The van der Waals surface area contributed by atoms with Gasteiger partial charge in [-0.05, 0) is 36.8 Å². The van der Waals surface area contributed by atoms with E-state index in [1.165, 1.54) is 0 Å². The number of aromatic amines is 1. The van der Waals surface area contributed by atoms with Gasteiger partial charge >= 0.3 is 0 Å². The smallest absolute Gasteiger partial charge is 0.248 e. The van der Waals surface area contributed by atoms with Gasteiger partial charge in [0.2, 0.25) is 17.8 Å². The van der Waals surface area contributed by atoms with Crippen LogP contribution >= 0.6 is 0 Å². The molecule has 1 heterocycles. The molecule has 134 valence electrons. The van der Waals surface area contributed by atoms with Crippen LogP contribution in [0.25, 0.3) is 11.0 Å². The van der Waals surface area contributed by atoms with Crippen LogP contribution in [0.3, 0.4) is 0 Å².